The Morgan fingerprint density at radius 2 is 2.00 bits per heavy atom. The second-order valence-corrected chi connectivity index (χ2v) is 4.93. The largest absolute Gasteiger partial charge is 0.354 e. The fourth-order valence-corrected chi connectivity index (χ4v) is 1.80. The Morgan fingerprint density at radius 3 is 2.55 bits per heavy atom. The number of amides is 1. The Morgan fingerprint density at radius 1 is 1.30 bits per heavy atom. The first-order valence-corrected chi connectivity index (χ1v) is 7.02. The minimum Gasteiger partial charge on any atom is -0.354 e. The highest BCUT2D eigenvalue weighted by molar-refractivity contribution is 5.80. The Kier molecular flexibility index (Phi) is 6.21. The summed E-state index contributed by atoms with van der Waals surface area (Å²) >= 11 is 0. The van der Waals surface area contributed by atoms with Gasteiger partial charge in [0.05, 0.1) is 6.54 Å². The summed E-state index contributed by atoms with van der Waals surface area (Å²) in [6.45, 7) is 7.93. The van der Waals surface area contributed by atoms with Gasteiger partial charge in [0.15, 0.2) is 0 Å². The molecule has 1 aromatic rings. The molecule has 0 bridgehead atoms. The second-order valence-electron chi connectivity index (χ2n) is 4.93. The molecule has 1 rings (SSSR count). The molecule has 1 aromatic heterocycles. The number of rotatable bonds is 7. The topological polar surface area (TPSA) is 61.4 Å². The first-order valence-electron chi connectivity index (χ1n) is 7.02. The van der Waals surface area contributed by atoms with Crippen LogP contribution in [0.2, 0.25) is 0 Å². The number of hydrogen-bond acceptors (Lipinski definition) is 5. The molecule has 0 aliphatic rings. The SMILES string of the molecule is CCCN(CC(=O)N(C)C)c1cc(C)nc(NCC)n1. The van der Waals surface area contributed by atoms with Crippen molar-refractivity contribution in [1.82, 2.24) is 14.9 Å². The highest BCUT2D eigenvalue weighted by Gasteiger charge is 2.15. The lowest BCUT2D eigenvalue weighted by Gasteiger charge is -2.24. The van der Waals surface area contributed by atoms with Gasteiger partial charge in [0.2, 0.25) is 11.9 Å². The zero-order valence-electron chi connectivity index (χ0n) is 13.1. The molecule has 6 heteroatoms. The molecule has 0 aromatic carbocycles. The summed E-state index contributed by atoms with van der Waals surface area (Å²) in [4.78, 5) is 24.3. The number of hydrogen-bond donors (Lipinski definition) is 1. The van der Waals surface area contributed by atoms with E-state index in [-0.39, 0.29) is 5.91 Å². The maximum absolute atomic E-state index is 11.9. The number of carbonyl (C=O) groups excluding carboxylic acids is 1. The monoisotopic (exact) mass is 279 g/mol. The van der Waals surface area contributed by atoms with Crippen molar-refractivity contribution < 1.29 is 4.79 Å². The summed E-state index contributed by atoms with van der Waals surface area (Å²) in [6.07, 6.45) is 0.959. The number of carbonyl (C=O) groups is 1. The molecular weight excluding hydrogens is 254 g/mol. The molecule has 0 radical (unpaired) electrons. The molecule has 1 amide bonds. The Hall–Kier alpha value is -1.85. The minimum atomic E-state index is 0.0692. The van der Waals surface area contributed by atoms with Crippen LogP contribution in [0.25, 0.3) is 0 Å². The van der Waals surface area contributed by atoms with E-state index in [4.69, 9.17) is 0 Å². The fraction of sp³-hybridized carbons (Fsp3) is 0.643. The third-order valence-electron chi connectivity index (χ3n) is 2.82. The quantitative estimate of drug-likeness (QED) is 0.820. The fourth-order valence-electron chi connectivity index (χ4n) is 1.80. The van der Waals surface area contributed by atoms with E-state index in [1.807, 2.05) is 24.8 Å². The van der Waals surface area contributed by atoms with Crippen LogP contribution in [-0.4, -0.2) is 54.5 Å². The molecule has 0 saturated heterocycles. The van der Waals surface area contributed by atoms with E-state index >= 15 is 0 Å². The van der Waals surface area contributed by atoms with Crippen LogP contribution < -0.4 is 10.2 Å². The molecular formula is C14H25N5O. The first-order chi connectivity index (χ1) is 9.47. The molecule has 0 unspecified atom stereocenters. The van der Waals surface area contributed by atoms with Crippen LogP contribution in [0, 0.1) is 6.92 Å². The molecule has 112 valence electrons. The molecule has 20 heavy (non-hydrogen) atoms. The van der Waals surface area contributed by atoms with Gasteiger partial charge < -0.3 is 15.1 Å². The molecule has 0 saturated carbocycles. The van der Waals surface area contributed by atoms with Gasteiger partial charge in [-0.05, 0) is 20.3 Å². The average Bonchev–Trinajstić information content (AvgIpc) is 2.37. The maximum atomic E-state index is 11.9. The van der Waals surface area contributed by atoms with Crippen LogP contribution in [0.4, 0.5) is 11.8 Å². The molecule has 0 atom stereocenters. The van der Waals surface area contributed by atoms with Crippen molar-refractivity contribution in [2.45, 2.75) is 27.2 Å². The van der Waals surface area contributed by atoms with Crippen LogP contribution in [-0.2, 0) is 4.79 Å². The van der Waals surface area contributed by atoms with E-state index in [0.717, 1.165) is 31.0 Å². The van der Waals surface area contributed by atoms with Crippen molar-refractivity contribution in [2.24, 2.45) is 0 Å². The van der Waals surface area contributed by atoms with Gasteiger partial charge in [0, 0.05) is 38.9 Å². The zero-order valence-corrected chi connectivity index (χ0v) is 13.1. The van der Waals surface area contributed by atoms with Crippen molar-refractivity contribution in [1.29, 1.82) is 0 Å². The molecule has 1 heterocycles. The van der Waals surface area contributed by atoms with Crippen LogP contribution in [0.5, 0.6) is 0 Å². The van der Waals surface area contributed by atoms with E-state index < -0.39 is 0 Å². The average molecular weight is 279 g/mol. The third kappa shape index (κ3) is 4.68. The Balaban J connectivity index is 2.98. The highest BCUT2D eigenvalue weighted by Crippen LogP contribution is 2.15. The Labute approximate surface area is 121 Å². The standard InChI is InChI=1S/C14H25N5O/c1-6-8-19(10-13(20)18(4)5)12-9-11(3)16-14(17-12)15-7-2/h9H,6-8,10H2,1-5H3,(H,15,16,17). The molecule has 0 aliphatic heterocycles. The Bertz CT molecular complexity index is 447. The smallest absolute Gasteiger partial charge is 0.241 e. The predicted octanol–water partition coefficient (Wildman–Crippen LogP) is 1.52. The maximum Gasteiger partial charge on any atom is 0.241 e. The van der Waals surface area contributed by atoms with E-state index in [0.29, 0.717) is 12.5 Å². The number of nitrogens with zero attached hydrogens (tertiary/aromatic N) is 4. The molecule has 0 aliphatic carbocycles. The van der Waals surface area contributed by atoms with E-state index in [2.05, 4.69) is 22.2 Å². The molecule has 0 fully saturated rings. The zero-order chi connectivity index (χ0) is 15.1. The molecule has 6 nitrogen and oxygen atoms in total. The molecule has 0 spiro atoms. The van der Waals surface area contributed by atoms with Gasteiger partial charge in [0.25, 0.3) is 0 Å². The summed E-state index contributed by atoms with van der Waals surface area (Å²) in [5.74, 6) is 1.48. The summed E-state index contributed by atoms with van der Waals surface area (Å²) in [5.41, 5.74) is 0.893. The van der Waals surface area contributed by atoms with Gasteiger partial charge in [-0.3, -0.25) is 4.79 Å². The van der Waals surface area contributed by atoms with E-state index in [9.17, 15) is 4.79 Å². The van der Waals surface area contributed by atoms with Crippen LogP contribution in [0.3, 0.4) is 0 Å². The summed E-state index contributed by atoms with van der Waals surface area (Å²) in [7, 11) is 3.53. The van der Waals surface area contributed by atoms with Crippen molar-refractivity contribution in [3.63, 3.8) is 0 Å². The van der Waals surface area contributed by atoms with E-state index in [1.165, 1.54) is 0 Å². The van der Waals surface area contributed by atoms with Gasteiger partial charge >= 0.3 is 0 Å². The third-order valence-corrected chi connectivity index (χ3v) is 2.82. The van der Waals surface area contributed by atoms with Crippen molar-refractivity contribution in [2.75, 3.05) is 43.9 Å². The number of aromatic nitrogens is 2. The lowest BCUT2D eigenvalue weighted by molar-refractivity contribution is -0.127. The van der Waals surface area contributed by atoms with Gasteiger partial charge in [-0.15, -0.1) is 0 Å². The lowest BCUT2D eigenvalue weighted by atomic mass is 10.3. The van der Waals surface area contributed by atoms with Gasteiger partial charge in [-0.2, -0.15) is 4.98 Å². The second kappa shape index (κ2) is 7.67. The minimum absolute atomic E-state index is 0.0692. The predicted molar refractivity (Wildman–Crippen MR) is 82.1 cm³/mol. The lowest BCUT2D eigenvalue weighted by Crippen LogP contribution is -2.37. The van der Waals surface area contributed by atoms with Gasteiger partial charge in [-0.25, -0.2) is 4.98 Å². The van der Waals surface area contributed by atoms with E-state index in [1.54, 1.807) is 19.0 Å². The summed E-state index contributed by atoms with van der Waals surface area (Å²) < 4.78 is 0. The van der Waals surface area contributed by atoms with Gasteiger partial charge in [-0.1, -0.05) is 6.92 Å². The van der Waals surface area contributed by atoms with Gasteiger partial charge in [0.1, 0.15) is 5.82 Å². The number of nitrogens with one attached hydrogen (secondary N) is 1. The molecule has 1 N–H and O–H groups in total. The van der Waals surface area contributed by atoms with Crippen molar-refractivity contribution in [3.8, 4) is 0 Å². The summed E-state index contributed by atoms with van der Waals surface area (Å²) in [5, 5.41) is 3.12. The number of anilines is 2. The van der Waals surface area contributed by atoms with Crippen LogP contribution in [0.15, 0.2) is 6.07 Å². The first kappa shape index (κ1) is 16.2. The van der Waals surface area contributed by atoms with Crippen LogP contribution in [0.1, 0.15) is 26.0 Å². The number of aryl methyl sites for hydroxylation is 1. The highest BCUT2D eigenvalue weighted by atomic mass is 16.2. The summed E-state index contributed by atoms with van der Waals surface area (Å²) in [6, 6.07) is 1.92. The van der Waals surface area contributed by atoms with Crippen LogP contribution >= 0.6 is 0 Å². The van der Waals surface area contributed by atoms with Crippen molar-refractivity contribution >= 4 is 17.7 Å². The number of likely N-dealkylation sites (N-methyl/N-ethyl adjacent to an activating group) is 1. The normalized spacial score (nSPS) is 10.2. The van der Waals surface area contributed by atoms with Crippen molar-refractivity contribution in [3.05, 3.63) is 11.8 Å².